The summed E-state index contributed by atoms with van der Waals surface area (Å²) in [5.41, 5.74) is 9.38. The average Bonchev–Trinajstić information content (AvgIpc) is 3.75. The van der Waals surface area contributed by atoms with Gasteiger partial charge in [-0.25, -0.2) is 0 Å². The topological polar surface area (TPSA) is 13.1 Å². The minimum atomic E-state index is 0.939. The zero-order valence-corrected chi connectivity index (χ0v) is 27.8. The van der Waals surface area contributed by atoms with Crippen LogP contribution in [0.5, 0.6) is 0 Å². The normalized spacial score (nSPS) is 12.0. The molecular weight excluding hydrogens is 625 g/mol. The standard InChI is InChI=1S/C48H28OS/c1-2-11-30-26-32(21-20-29(30)10-1)31-12-9-13-33(27-31)45-37-15-3-5-17-39(37)46(40-18-6-4-16-38(40)45)34-22-23-36-42-25-24-41-35-14-7-8-19-43(35)49-47(41)48(42)50-44(36)28-34/h1-28H. The van der Waals surface area contributed by atoms with E-state index in [4.69, 9.17) is 4.42 Å². The van der Waals surface area contributed by atoms with Crippen LogP contribution in [0, 0.1) is 0 Å². The summed E-state index contributed by atoms with van der Waals surface area (Å²) in [7, 11) is 0. The third-order valence-corrected chi connectivity index (χ3v) is 11.6. The van der Waals surface area contributed by atoms with Crippen molar-refractivity contribution in [3.8, 4) is 33.4 Å². The highest BCUT2D eigenvalue weighted by molar-refractivity contribution is 7.26. The number of hydrogen-bond donors (Lipinski definition) is 0. The summed E-state index contributed by atoms with van der Waals surface area (Å²) in [6, 6.07) is 62.1. The second-order valence-electron chi connectivity index (χ2n) is 13.2. The number of thiophene rings is 1. The smallest absolute Gasteiger partial charge is 0.153 e. The maximum atomic E-state index is 6.45. The van der Waals surface area contributed by atoms with Gasteiger partial charge in [-0.2, -0.15) is 0 Å². The third-order valence-electron chi connectivity index (χ3n) is 10.4. The Labute approximate surface area is 292 Å². The first-order chi connectivity index (χ1) is 24.8. The van der Waals surface area contributed by atoms with E-state index in [-0.39, 0.29) is 0 Å². The van der Waals surface area contributed by atoms with Crippen molar-refractivity contribution < 1.29 is 4.42 Å². The molecule has 0 aliphatic carbocycles. The highest BCUT2D eigenvalue weighted by Gasteiger charge is 2.19. The highest BCUT2D eigenvalue weighted by atomic mass is 32.1. The summed E-state index contributed by atoms with van der Waals surface area (Å²) in [5, 5.41) is 12.4. The van der Waals surface area contributed by atoms with E-state index in [2.05, 4.69) is 164 Å². The Morgan fingerprint density at radius 1 is 0.340 bits per heavy atom. The minimum Gasteiger partial charge on any atom is -0.455 e. The van der Waals surface area contributed by atoms with Gasteiger partial charge in [0.25, 0.3) is 0 Å². The molecule has 0 aliphatic rings. The first-order valence-corrected chi connectivity index (χ1v) is 17.9. The van der Waals surface area contributed by atoms with Gasteiger partial charge in [0.15, 0.2) is 5.58 Å². The summed E-state index contributed by atoms with van der Waals surface area (Å²) in [5.74, 6) is 0. The molecule has 0 saturated heterocycles. The van der Waals surface area contributed by atoms with Crippen molar-refractivity contribution >= 4 is 85.8 Å². The largest absolute Gasteiger partial charge is 0.455 e. The molecule has 1 nitrogen and oxygen atoms in total. The van der Waals surface area contributed by atoms with Gasteiger partial charge in [0.1, 0.15) is 5.58 Å². The molecule has 11 aromatic rings. The number of hydrogen-bond acceptors (Lipinski definition) is 2. The van der Waals surface area contributed by atoms with Gasteiger partial charge in [-0.05, 0) is 96.0 Å². The minimum absolute atomic E-state index is 0.939. The number of fused-ring (bicyclic) bond motifs is 10. The second-order valence-corrected chi connectivity index (χ2v) is 14.3. The maximum Gasteiger partial charge on any atom is 0.153 e. The molecule has 11 rings (SSSR count). The van der Waals surface area contributed by atoms with E-state index in [1.54, 1.807) is 0 Å². The molecule has 50 heavy (non-hydrogen) atoms. The fraction of sp³-hybridized carbons (Fsp3) is 0. The van der Waals surface area contributed by atoms with Crippen LogP contribution in [-0.4, -0.2) is 0 Å². The summed E-state index contributed by atoms with van der Waals surface area (Å²) < 4.78 is 8.93. The van der Waals surface area contributed by atoms with Crippen molar-refractivity contribution in [2.45, 2.75) is 0 Å². The molecule has 0 saturated carbocycles. The van der Waals surface area contributed by atoms with Crippen LogP contribution < -0.4 is 0 Å². The van der Waals surface area contributed by atoms with E-state index in [1.165, 1.54) is 96.6 Å². The van der Waals surface area contributed by atoms with Gasteiger partial charge in [0, 0.05) is 26.2 Å². The second kappa shape index (κ2) is 10.6. The fourth-order valence-electron chi connectivity index (χ4n) is 8.15. The Bertz CT molecular complexity index is 3100. The van der Waals surface area contributed by atoms with Crippen molar-refractivity contribution in [3.63, 3.8) is 0 Å². The lowest BCUT2D eigenvalue weighted by Crippen LogP contribution is -1.91. The first kappa shape index (κ1) is 27.7. The molecule has 0 bridgehead atoms. The lowest BCUT2D eigenvalue weighted by molar-refractivity contribution is 0.673. The molecule has 0 spiro atoms. The van der Waals surface area contributed by atoms with Crippen LogP contribution in [0.1, 0.15) is 0 Å². The summed E-state index contributed by atoms with van der Waals surface area (Å²) in [6.45, 7) is 0. The summed E-state index contributed by atoms with van der Waals surface area (Å²) >= 11 is 1.83. The van der Waals surface area contributed by atoms with Crippen molar-refractivity contribution in [1.29, 1.82) is 0 Å². The van der Waals surface area contributed by atoms with Crippen LogP contribution in [0.2, 0.25) is 0 Å². The SMILES string of the molecule is c1cc(-c2ccc3ccccc3c2)cc(-c2c3ccccc3c(-c3ccc4c(c3)sc3c4ccc4c5ccccc5oc43)c3ccccc23)c1. The zero-order chi connectivity index (χ0) is 32.8. The number of benzene rings is 9. The molecule has 2 heteroatoms. The summed E-state index contributed by atoms with van der Waals surface area (Å²) in [6.07, 6.45) is 0. The van der Waals surface area contributed by atoms with E-state index < -0.39 is 0 Å². The van der Waals surface area contributed by atoms with Crippen LogP contribution in [-0.2, 0) is 0 Å². The Kier molecular flexibility index (Phi) is 5.89. The third kappa shape index (κ3) is 4.06. The molecule has 0 unspecified atom stereocenters. The van der Waals surface area contributed by atoms with Crippen molar-refractivity contribution in [2.24, 2.45) is 0 Å². The lowest BCUT2D eigenvalue weighted by Gasteiger charge is -2.18. The Morgan fingerprint density at radius 3 is 1.66 bits per heavy atom. The number of furan rings is 1. The van der Waals surface area contributed by atoms with Crippen LogP contribution in [0.25, 0.3) is 108 Å². The Morgan fingerprint density at radius 2 is 0.900 bits per heavy atom. The van der Waals surface area contributed by atoms with Gasteiger partial charge in [0.05, 0.1) is 4.70 Å². The van der Waals surface area contributed by atoms with Crippen molar-refractivity contribution in [1.82, 2.24) is 0 Å². The van der Waals surface area contributed by atoms with Gasteiger partial charge >= 0.3 is 0 Å². The van der Waals surface area contributed by atoms with E-state index in [9.17, 15) is 0 Å². The zero-order valence-electron chi connectivity index (χ0n) is 27.0. The molecule has 2 heterocycles. The van der Waals surface area contributed by atoms with E-state index in [0.717, 1.165) is 11.2 Å². The molecule has 232 valence electrons. The molecule has 9 aromatic carbocycles. The van der Waals surface area contributed by atoms with Gasteiger partial charge in [0.2, 0.25) is 0 Å². The van der Waals surface area contributed by atoms with Crippen molar-refractivity contribution in [2.75, 3.05) is 0 Å². The van der Waals surface area contributed by atoms with Gasteiger partial charge in [-0.1, -0.05) is 140 Å². The van der Waals surface area contributed by atoms with Crippen LogP contribution in [0.3, 0.4) is 0 Å². The predicted molar refractivity (Wildman–Crippen MR) is 215 cm³/mol. The molecule has 0 N–H and O–H groups in total. The van der Waals surface area contributed by atoms with Crippen LogP contribution in [0.4, 0.5) is 0 Å². The van der Waals surface area contributed by atoms with E-state index in [1.807, 2.05) is 17.4 Å². The highest BCUT2D eigenvalue weighted by Crippen LogP contribution is 2.47. The fourth-order valence-corrected chi connectivity index (χ4v) is 9.37. The molecule has 0 radical (unpaired) electrons. The molecule has 0 amide bonds. The quantitative estimate of drug-likeness (QED) is 0.173. The Hall–Kier alpha value is -6.22. The Balaban J connectivity index is 1.13. The van der Waals surface area contributed by atoms with Crippen LogP contribution >= 0.6 is 11.3 Å². The monoisotopic (exact) mass is 652 g/mol. The van der Waals surface area contributed by atoms with Gasteiger partial charge < -0.3 is 4.42 Å². The lowest BCUT2D eigenvalue weighted by atomic mass is 9.85. The van der Waals surface area contributed by atoms with Crippen LogP contribution in [0.15, 0.2) is 174 Å². The molecule has 0 atom stereocenters. The average molecular weight is 653 g/mol. The van der Waals surface area contributed by atoms with E-state index >= 15 is 0 Å². The molecule has 2 aromatic heterocycles. The number of rotatable bonds is 3. The number of para-hydroxylation sites is 1. The molecule has 0 aliphatic heterocycles. The predicted octanol–water partition coefficient (Wildman–Crippen LogP) is 14.4. The summed E-state index contributed by atoms with van der Waals surface area (Å²) in [4.78, 5) is 0. The molecular formula is C48H28OS. The van der Waals surface area contributed by atoms with Gasteiger partial charge in [-0.15, -0.1) is 11.3 Å². The van der Waals surface area contributed by atoms with E-state index in [0.29, 0.717) is 0 Å². The van der Waals surface area contributed by atoms with Crippen molar-refractivity contribution in [3.05, 3.63) is 170 Å². The molecule has 0 fully saturated rings. The first-order valence-electron chi connectivity index (χ1n) is 17.1. The maximum absolute atomic E-state index is 6.45. The van der Waals surface area contributed by atoms with Gasteiger partial charge in [-0.3, -0.25) is 0 Å².